The number of sulfone groups is 1. The van der Waals surface area contributed by atoms with E-state index in [1.807, 2.05) is 6.92 Å². The fraction of sp³-hybridized carbons (Fsp3) is 0.667. The van der Waals surface area contributed by atoms with Crippen molar-refractivity contribution in [2.75, 3.05) is 51.7 Å². The average Bonchev–Trinajstić information content (AvgIpc) is 2.68. The van der Waals surface area contributed by atoms with Crippen LogP contribution in [0.2, 0.25) is 0 Å². The Bertz CT molecular complexity index is 817. The van der Waals surface area contributed by atoms with Gasteiger partial charge in [-0.15, -0.1) is 0 Å². The molecule has 0 aliphatic carbocycles. The summed E-state index contributed by atoms with van der Waals surface area (Å²) in [5.74, 6) is 0.952. The van der Waals surface area contributed by atoms with Crippen molar-refractivity contribution in [3.8, 4) is 0 Å². The Morgan fingerprint density at radius 2 is 1.93 bits per heavy atom. The molecule has 0 atom stereocenters. The molecule has 8 heteroatoms. The van der Waals surface area contributed by atoms with Crippen molar-refractivity contribution in [2.45, 2.75) is 38.6 Å². The van der Waals surface area contributed by atoms with E-state index in [0.29, 0.717) is 19.6 Å². The lowest BCUT2D eigenvalue weighted by atomic mass is 10.1. The first kappa shape index (κ1) is 22.1. The molecule has 162 valence electrons. The number of aliphatic imine (C=N–C) groups is 1. The molecule has 0 amide bonds. The van der Waals surface area contributed by atoms with Crippen molar-refractivity contribution in [1.82, 2.24) is 15.1 Å². The number of guanidine groups is 1. The lowest BCUT2D eigenvalue weighted by Crippen LogP contribution is -2.57. The zero-order valence-electron chi connectivity index (χ0n) is 17.9. The van der Waals surface area contributed by atoms with Crippen LogP contribution >= 0.6 is 0 Å². The summed E-state index contributed by atoms with van der Waals surface area (Å²) in [5, 5.41) is 3.33. The van der Waals surface area contributed by atoms with Crippen molar-refractivity contribution in [3.05, 3.63) is 35.4 Å². The fourth-order valence-electron chi connectivity index (χ4n) is 3.76. The van der Waals surface area contributed by atoms with Crippen molar-refractivity contribution in [2.24, 2.45) is 4.99 Å². The second-order valence-electron chi connectivity index (χ2n) is 8.38. The smallest absolute Gasteiger partial charge is 0.194 e. The second-order valence-corrected chi connectivity index (χ2v) is 11.1. The molecule has 2 fully saturated rings. The SMILES string of the molecule is CCNC(=NCc1cccc(CN2CCOCC2)c1)N1CCS(=O)(=O)C(C)(C)C1. The first-order valence-electron chi connectivity index (χ1n) is 10.4. The minimum Gasteiger partial charge on any atom is -0.379 e. The molecule has 0 saturated carbocycles. The van der Waals surface area contributed by atoms with Gasteiger partial charge in [-0.2, -0.15) is 0 Å². The van der Waals surface area contributed by atoms with Crippen LogP contribution in [0.4, 0.5) is 0 Å². The fourth-order valence-corrected chi connectivity index (χ4v) is 5.13. The third kappa shape index (κ3) is 5.71. The second kappa shape index (κ2) is 9.45. The highest BCUT2D eigenvalue weighted by Crippen LogP contribution is 2.24. The molecule has 1 aromatic carbocycles. The third-order valence-electron chi connectivity index (χ3n) is 5.59. The molecule has 2 aliphatic rings. The molecular weight excluding hydrogens is 388 g/mol. The highest BCUT2D eigenvalue weighted by molar-refractivity contribution is 7.92. The van der Waals surface area contributed by atoms with Crippen molar-refractivity contribution in [1.29, 1.82) is 0 Å². The summed E-state index contributed by atoms with van der Waals surface area (Å²) in [6.07, 6.45) is 0. The lowest BCUT2D eigenvalue weighted by molar-refractivity contribution is 0.0342. The van der Waals surface area contributed by atoms with Gasteiger partial charge >= 0.3 is 0 Å². The van der Waals surface area contributed by atoms with Gasteiger partial charge in [-0.25, -0.2) is 13.4 Å². The van der Waals surface area contributed by atoms with E-state index >= 15 is 0 Å². The first-order chi connectivity index (χ1) is 13.8. The van der Waals surface area contributed by atoms with E-state index < -0.39 is 14.6 Å². The van der Waals surface area contributed by atoms with Gasteiger partial charge < -0.3 is 15.0 Å². The predicted octanol–water partition coefficient (Wildman–Crippen LogP) is 1.49. The van der Waals surface area contributed by atoms with E-state index in [9.17, 15) is 8.42 Å². The first-order valence-corrected chi connectivity index (χ1v) is 12.1. The van der Waals surface area contributed by atoms with E-state index in [1.165, 1.54) is 5.56 Å². The minimum absolute atomic E-state index is 0.166. The monoisotopic (exact) mass is 422 g/mol. The normalized spacial score (nSPS) is 22.4. The number of hydrogen-bond donors (Lipinski definition) is 1. The Morgan fingerprint density at radius 1 is 1.21 bits per heavy atom. The van der Waals surface area contributed by atoms with Gasteiger partial charge in [0.25, 0.3) is 0 Å². The van der Waals surface area contributed by atoms with E-state index in [1.54, 1.807) is 13.8 Å². The predicted molar refractivity (Wildman–Crippen MR) is 117 cm³/mol. The number of hydrogen-bond acceptors (Lipinski definition) is 5. The quantitative estimate of drug-likeness (QED) is 0.573. The van der Waals surface area contributed by atoms with Crippen LogP contribution in [0.5, 0.6) is 0 Å². The number of benzene rings is 1. The zero-order chi connectivity index (χ0) is 20.9. The van der Waals surface area contributed by atoms with Crippen LogP contribution in [0.3, 0.4) is 0 Å². The lowest BCUT2D eigenvalue weighted by Gasteiger charge is -2.39. The van der Waals surface area contributed by atoms with Crippen LogP contribution in [-0.4, -0.2) is 80.6 Å². The zero-order valence-corrected chi connectivity index (χ0v) is 18.7. The van der Waals surface area contributed by atoms with Crippen LogP contribution in [0.15, 0.2) is 29.3 Å². The number of rotatable bonds is 5. The van der Waals surface area contributed by atoms with Gasteiger partial charge in [-0.1, -0.05) is 24.3 Å². The Kier molecular flexibility index (Phi) is 7.19. The van der Waals surface area contributed by atoms with Gasteiger partial charge in [0.15, 0.2) is 15.8 Å². The highest BCUT2D eigenvalue weighted by Gasteiger charge is 2.40. The molecule has 3 rings (SSSR count). The minimum atomic E-state index is -3.07. The van der Waals surface area contributed by atoms with Crippen molar-refractivity contribution >= 4 is 15.8 Å². The maximum absolute atomic E-state index is 12.3. The largest absolute Gasteiger partial charge is 0.379 e. The highest BCUT2D eigenvalue weighted by atomic mass is 32.2. The van der Waals surface area contributed by atoms with Gasteiger partial charge in [0.05, 0.1) is 30.3 Å². The number of ether oxygens (including phenoxy) is 1. The summed E-state index contributed by atoms with van der Waals surface area (Å²) >= 11 is 0. The molecule has 0 unspecified atom stereocenters. The molecule has 0 spiro atoms. The maximum atomic E-state index is 12.3. The molecule has 0 radical (unpaired) electrons. The number of morpholine rings is 1. The summed E-state index contributed by atoms with van der Waals surface area (Å²) in [4.78, 5) is 9.29. The topological polar surface area (TPSA) is 74.2 Å². The Morgan fingerprint density at radius 3 is 2.62 bits per heavy atom. The average molecular weight is 423 g/mol. The molecule has 2 heterocycles. The van der Waals surface area contributed by atoms with E-state index in [2.05, 4.69) is 39.4 Å². The van der Waals surface area contributed by atoms with Gasteiger partial charge in [0, 0.05) is 39.3 Å². The van der Waals surface area contributed by atoms with Crippen LogP contribution in [0, 0.1) is 0 Å². The van der Waals surface area contributed by atoms with Gasteiger partial charge in [-0.05, 0) is 31.9 Å². The van der Waals surface area contributed by atoms with Gasteiger partial charge in [0.1, 0.15) is 0 Å². The molecule has 2 saturated heterocycles. The summed E-state index contributed by atoms with van der Waals surface area (Å²) in [5.41, 5.74) is 2.45. The van der Waals surface area contributed by atoms with Crippen LogP contribution in [-0.2, 0) is 27.7 Å². The van der Waals surface area contributed by atoms with E-state index in [-0.39, 0.29) is 5.75 Å². The maximum Gasteiger partial charge on any atom is 0.194 e. The van der Waals surface area contributed by atoms with Crippen LogP contribution in [0.1, 0.15) is 31.9 Å². The number of nitrogens with one attached hydrogen (secondary N) is 1. The standard InChI is InChI=1S/C21H34N4O3S/c1-4-22-20(25-10-13-29(26,27)21(2,3)17-25)23-15-18-6-5-7-19(14-18)16-24-8-11-28-12-9-24/h5-7,14H,4,8-13,15-17H2,1-3H3,(H,22,23). The van der Waals surface area contributed by atoms with Crippen molar-refractivity contribution < 1.29 is 13.2 Å². The van der Waals surface area contributed by atoms with E-state index in [4.69, 9.17) is 9.73 Å². The molecule has 1 N–H and O–H groups in total. The summed E-state index contributed by atoms with van der Waals surface area (Å²) in [6.45, 7) is 12.4. The molecule has 0 bridgehead atoms. The summed E-state index contributed by atoms with van der Waals surface area (Å²) in [6, 6.07) is 8.56. The molecule has 7 nitrogen and oxygen atoms in total. The molecule has 0 aromatic heterocycles. The Balaban J connectivity index is 1.68. The van der Waals surface area contributed by atoms with Gasteiger partial charge in [0.2, 0.25) is 0 Å². The molecule has 2 aliphatic heterocycles. The Labute approximate surface area is 175 Å². The molecule has 29 heavy (non-hydrogen) atoms. The van der Waals surface area contributed by atoms with Crippen LogP contribution < -0.4 is 5.32 Å². The number of nitrogens with zero attached hydrogens (tertiary/aromatic N) is 3. The van der Waals surface area contributed by atoms with Crippen molar-refractivity contribution in [3.63, 3.8) is 0 Å². The molecule has 1 aromatic rings. The summed E-state index contributed by atoms with van der Waals surface area (Å²) < 4.78 is 29.3. The van der Waals surface area contributed by atoms with Gasteiger partial charge in [-0.3, -0.25) is 4.90 Å². The Hall–Kier alpha value is -1.64. The third-order valence-corrected chi connectivity index (χ3v) is 8.12. The molecular formula is C21H34N4O3S. The van der Waals surface area contributed by atoms with E-state index in [0.717, 1.165) is 50.9 Å². The summed E-state index contributed by atoms with van der Waals surface area (Å²) in [7, 11) is -3.07. The van der Waals surface area contributed by atoms with Crippen LogP contribution in [0.25, 0.3) is 0 Å².